The van der Waals surface area contributed by atoms with Gasteiger partial charge in [-0.05, 0) is 31.6 Å². The Labute approximate surface area is 89.2 Å². The number of nitrogens with one attached hydrogen (secondary N) is 1. The fourth-order valence-corrected chi connectivity index (χ4v) is 1.38. The van der Waals surface area contributed by atoms with Crippen LogP contribution in [0.3, 0.4) is 0 Å². The molecule has 0 aliphatic carbocycles. The zero-order valence-electron chi connectivity index (χ0n) is 9.26. The Hall–Kier alpha value is -1.29. The summed E-state index contributed by atoms with van der Waals surface area (Å²) in [5, 5.41) is 2.97. The summed E-state index contributed by atoms with van der Waals surface area (Å²) in [4.78, 5) is 0. The predicted octanol–water partition coefficient (Wildman–Crippen LogP) is 1.60. The van der Waals surface area contributed by atoms with E-state index in [2.05, 4.69) is 5.32 Å². The molecule has 0 saturated heterocycles. The summed E-state index contributed by atoms with van der Waals surface area (Å²) in [6.45, 7) is 0.729. The van der Waals surface area contributed by atoms with Crippen LogP contribution in [0.4, 0.5) is 4.39 Å². The van der Waals surface area contributed by atoms with Gasteiger partial charge in [-0.1, -0.05) is 6.07 Å². The maximum Gasteiger partial charge on any atom is 0.197 e. The van der Waals surface area contributed by atoms with E-state index in [0.717, 1.165) is 6.54 Å². The van der Waals surface area contributed by atoms with Crippen molar-refractivity contribution in [1.82, 2.24) is 5.32 Å². The molecule has 0 bridgehead atoms. The molecule has 15 heavy (non-hydrogen) atoms. The molecule has 3 nitrogen and oxygen atoms in total. The molecular weight excluding hydrogens is 197 g/mol. The fraction of sp³-hybridized carbons (Fsp3) is 0.455. The SMILES string of the molecule is CNCCc1ccc(OC)c(OC)c1F. The van der Waals surface area contributed by atoms with Crippen LogP contribution in [0.5, 0.6) is 11.5 Å². The first-order chi connectivity index (χ1) is 7.24. The van der Waals surface area contributed by atoms with Gasteiger partial charge in [0.2, 0.25) is 0 Å². The van der Waals surface area contributed by atoms with Crippen molar-refractivity contribution in [2.45, 2.75) is 6.42 Å². The van der Waals surface area contributed by atoms with E-state index in [-0.39, 0.29) is 11.6 Å². The van der Waals surface area contributed by atoms with Gasteiger partial charge >= 0.3 is 0 Å². The Bertz CT molecular complexity index is 329. The molecular formula is C11H16FNO2. The van der Waals surface area contributed by atoms with Crippen LogP contribution in [-0.2, 0) is 6.42 Å². The molecule has 0 unspecified atom stereocenters. The van der Waals surface area contributed by atoms with Gasteiger partial charge in [-0.3, -0.25) is 0 Å². The first-order valence-electron chi connectivity index (χ1n) is 4.78. The molecule has 1 aromatic carbocycles. The van der Waals surface area contributed by atoms with Gasteiger partial charge in [0, 0.05) is 0 Å². The van der Waals surface area contributed by atoms with Crippen LogP contribution in [0.25, 0.3) is 0 Å². The van der Waals surface area contributed by atoms with Crippen molar-refractivity contribution >= 4 is 0 Å². The molecule has 0 amide bonds. The van der Waals surface area contributed by atoms with Crippen molar-refractivity contribution in [3.63, 3.8) is 0 Å². The molecule has 0 aromatic heterocycles. The molecule has 0 heterocycles. The molecule has 0 aliphatic rings. The van der Waals surface area contributed by atoms with Crippen LogP contribution in [0.2, 0.25) is 0 Å². The molecule has 0 aliphatic heterocycles. The van der Waals surface area contributed by atoms with Crippen molar-refractivity contribution in [1.29, 1.82) is 0 Å². The summed E-state index contributed by atoms with van der Waals surface area (Å²) < 4.78 is 23.8. The maximum absolute atomic E-state index is 13.8. The number of ether oxygens (including phenoxy) is 2. The van der Waals surface area contributed by atoms with Crippen molar-refractivity contribution in [3.05, 3.63) is 23.5 Å². The highest BCUT2D eigenvalue weighted by atomic mass is 19.1. The molecule has 1 aromatic rings. The van der Waals surface area contributed by atoms with E-state index < -0.39 is 0 Å². The summed E-state index contributed by atoms with van der Waals surface area (Å²) in [5.74, 6) is 0.251. The van der Waals surface area contributed by atoms with Gasteiger partial charge in [-0.25, -0.2) is 4.39 Å². The number of likely N-dealkylation sites (N-methyl/N-ethyl adjacent to an activating group) is 1. The van der Waals surface area contributed by atoms with Gasteiger partial charge in [0.1, 0.15) is 0 Å². The van der Waals surface area contributed by atoms with Crippen LogP contribution in [0.1, 0.15) is 5.56 Å². The van der Waals surface area contributed by atoms with E-state index in [9.17, 15) is 4.39 Å². The van der Waals surface area contributed by atoms with Gasteiger partial charge in [-0.15, -0.1) is 0 Å². The average molecular weight is 213 g/mol. The Morgan fingerprint density at radius 2 is 2.00 bits per heavy atom. The Morgan fingerprint density at radius 1 is 1.27 bits per heavy atom. The molecule has 0 fully saturated rings. The zero-order chi connectivity index (χ0) is 11.3. The lowest BCUT2D eigenvalue weighted by atomic mass is 10.1. The average Bonchev–Trinajstić information content (AvgIpc) is 2.27. The van der Waals surface area contributed by atoms with E-state index in [1.807, 2.05) is 7.05 Å². The quantitative estimate of drug-likeness (QED) is 0.806. The van der Waals surface area contributed by atoms with Crippen molar-refractivity contribution in [2.75, 3.05) is 27.8 Å². The van der Waals surface area contributed by atoms with Gasteiger partial charge in [0.05, 0.1) is 14.2 Å². The van der Waals surface area contributed by atoms with Crippen LogP contribution >= 0.6 is 0 Å². The number of hydrogen-bond acceptors (Lipinski definition) is 3. The number of rotatable bonds is 5. The summed E-state index contributed by atoms with van der Waals surface area (Å²) in [6.07, 6.45) is 0.628. The fourth-order valence-electron chi connectivity index (χ4n) is 1.38. The molecule has 1 rings (SSSR count). The van der Waals surface area contributed by atoms with Crippen molar-refractivity contribution in [2.24, 2.45) is 0 Å². The molecule has 0 atom stereocenters. The highest BCUT2D eigenvalue weighted by Gasteiger charge is 2.13. The minimum atomic E-state index is -0.341. The summed E-state index contributed by atoms with van der Waals surface area (Å²) in [6, 6.07) is 3.43. The second-order valence-electron chi connectivity index (χ2n) is 3.13. The highest BCUT2D eigenvalue weighted by Crippen LogP contribution is 2.31. The van der Waals surface area contributed by atoms with E-state index >= 15 is 0 Å². The van der Waals surface area contributed by atoms with Crippen LogP contribution in [-0.4, -0.2) is 27.8 Å². The molecule has 0 saturated carbocycles. The van der Waals surface area contributed by atoms with Crippen LogP contribution < -0.4 is 14.8 Å². The summed E-state index contributed by atoms with van der Waals surface area (Å²) in [7, 11) is 4.76. The highest BCUT2D eigenvalue weighted by molar-refractivity contribution is 5.44. The van der Waals surface area contributed by atoms with Crippen LogP contribution in [0.15, 0.2) is 12.1 Å². The second kappa shape index (κ2) is 5.56. The molecule has 84 valence electrons. The molecule has 1 N–H and O–H groups in total. The third kappa shape index (κ3) is 2.59. The van der Waals surface area contributed by atoms with Gasteiger partial charge in [0.15, 0.2) is 17.3 Å². The minimum absolute atomic E-state index is 0.172. The lowest BCUT2D eigenvalue weighted by Crippen LogP contribution is -2.11. The monoisotopic (exact) mass is 213 g/mol. The largest absolute Gasteiger partial charge is 0.493 e. The number of hydrogen-bond donors (Lipinski definition) is 1. The molecule has 4 heteroatoms. The number of methoxy groups -OCH3 is 2. The van der Waals surface area contributed by atoms with E-state index in [1.165, 1.54) is 14.2 Å². The summed E-state index contributed by atoms with van der Waals surface area (Å²) >= 11 is 0. The first-order valence-corrected chi connectivity index (χ1v) is 4.78. The smallest absolute Gasteiger partial charge is 0.197 e. The summed E-state index contributed by atoms with van der Waals surface area (Å²) in [5.41, 5.74) is 0.627. The Balaban J connectivity index is 3.00. The molecule has 0 radical (unpaired) electrons. The zero-order valence-corrected chi connectivity index (χ0v) is 9.26. The van der Waals surface area contributed by atoms with E-state index in [0.29, 0.717) is 17.7 Å². The minimum Gasteiger partial charge on any atom is -0.493 e. The lowest BCUT2D eigenvalue weighted by Gasteiger charge is -2.11. The topological polar surface area (TPSA) is 30.5 Å². The third-order valence-corrected chi connectivity index (χ3v) is 2.21. The lowest BCUT2D eigenvalue weighted by molar-refractivity contribution is 0.336. The Kier molecular flexibility index (Phi) is 4.37. The van der Waals surface area contributed by atoms with E-state index in [1.54, 1.807) is 12.1 Å². The van der Waals surface area contributed by atoms with Crippen LogP contribution in [0, 0.1) is 5.82 Å². The van der Waals surface area contributed by atoms with Crippen molar-refractivity contribution in [3.8, 4) is 11.5 Å². The standard InChI is InChI=1S/C11H16FNO2/c1-13-7-6-8-4-5-9(14-2)11(15-3)10(8)12/h4-5,13H,6-7H2,1-3H3. The van der Waals surface area contributed by atoms with E-state index in [4.69, 9.17) is 9.47 Å². The Morgan fingerprint density at radius 3 is 2.53 bits per heavy atom. The predicted molar refractivity (Wildman–Crippen MR) is 57.1 cm³/mol. The number of benzene rings is 1. The van der Waals surface area contributed by atoms with Gasteiger partial charge in [-0.2, -0.15) is 0 Å². The second-order valence-corrected chi connectivity index (χ2v) is 3.13. The van der Waals surface area contributed by atoms with Gasteiger partial charge < -0.3 is 14.8 Å². The normalized spacial score (nSPS) is 10.1. The van der Waals surface area contributed by atoms with Gasteiger partial charge in [0.25, 0.3) is 0 Å². The first kappa shape index (κ1) is 11.8. The number of halogens is 1. The molecule has 0 spiro atoms. The maximum atomic E-state index is 13.8. The van der Waals surface area contributed by atoms with Crippen molar-refractivity contribution < 1.29 is 13.9 Å². The third-order valence-electron chi connectivity index (χ3n) is 2.21.